The number of carbonyl (C=O) groups excluding carboxylic acids is 1. The van der Waals surface area contributed by atoms with E-state index in [-0.39, 0.29) is 6.10 Å². The van der Waals surface area contributed by atoms with Crippen LogP contribution in [0.1, 0.15) is 12.7 Å². The van der Waals surface area contributed by atoms with E-state index in [1.54, 1.807) is 6.26 Å². The minimum Gasteiger partial charge on any atom is -0.468 e. The van der Waals surface area contributed by atoms with E-state index >= 15 is 0 Å². The molecule has 1 rings (SSSR count). The molecule has 0 saturated carbocycles. The molecule has 0 fully saturated rings. The fourth-order valence-electron chi connectivity index (χ4n) is 0.955. The topological polar surface area (TPSA) is 51.5 Å². The Kier molecular flexibility index (Phi) is 4.05. The highest BCUT2D eigenvalue weighted by Crippen LogP contribution is 1.98. The van der Waals surface area contributed by atoms with Gasteiger partial charge in [-0.2, -0.15) is 0 Å². The summed E-state index contributed by atoms with van der Waals surface area (Å²) in [5.41, 5.74) is 0. The van der Waals surface area contributed by atoms with Gasteiger partial charge in [-0.1, -0.05) is 0 Å². The number of hydrogen-bond donors (Lipinski definition) is 1. The Hall–Kier alpha value is -1.29. The van der Waals surface area contributed by atoms with Crippen molar-refractivity contribution >= 4 is 6.47 Å². The molecule has 13 heavy (non-hydrogen) atoms. The Balaban J connectivity index is 2.10. The van der Waals surface area contributed by atoms with Gasteiger partial charge in [-0.25, -0.2) is 0 Å². The van der Waals surface area contributed by atoms with Crippen LogP contribution < -0.4 is 5.32 Å². The lowest BCUT2D eigenvalue weighted by Crippen LogP contribution is -2.25. The fraction of sp³-hybridized carbons (Fsp3) is 0.444. The Bertz CT molecular complexity index is 233. The number of carbonyl (C=O) groups is 1. The minimum atomic E-state index is -0.104. The number of ether oxygens (including phenoxy) is 1. The molecule has 0 spiro atoms. The van der Waals surface area contributed by atoms with Crippen LogP contribution in [0.4, 0.5) is 0 Å². The maximum Gasteiger partial charge on any atom is 0.293 e. The van der Waals surface area contributed by atoms with Crippen LogP contribution in [0.3, 0.4) is 0 Å². The van der Waals surface area contributed by atoms with E-state index in [2.05, 4.69) is 10.1 Å². The van der Waals surface area contributed by atoms with Gasteiger partial charge in [0, 0.05) is 6.54 Å². The van der Waals surface area contributed by atoms with Crippen molar-refractivity contribution < 1.29 is 13.9 Å². The largest absolute Gasteiger partial charge is 0.468 e. The third-order valence-corrected chi connectivity index (χ3v) is 1.60. The number of nitrogens with one attached hydrogen (secondary N) is 1. The third-order valence-electron chi connectivity index (χ3n) is 1.60. The molecular weight excluding hydrogens is 170 g/mol. The number of rotatable bonds is 6. The molecule has 0 saturated heterocycles. The van der Waals surface area contributed by atoms with Gasteiger partial charge in [-0.15, -0.1) is 0 Å². The van der Waals surface area contributed by atoms with Crippen LogP contribution in [0.15, 0.2) is 22.8 Å². The van der Waals surface area contributed by atoms with Crippen molar-refractivity contribution in [1.29, 1.82) is 0 Å². The summed E-state index contributed by atoms with van der Waals surface area (Å²) in [5, 5.41) is 3.09. The molecule has 0 radical (unpaired) electrons. The lowest BCUT2D eigenvalue weighted by Gasteiger charge is -2.09. The molecule has 0 aromatic carbocycles. The van der Waals surface area contributed by atoms with Crippen molar-refractivity contribution in [3.8, 4) is 0 Å². The average molecular weight is 183 g/mol. The zero-order valence-corrected chi connectivity index (χ0v) is 7.53. The molecule has 0 bridgehead atoms. The lowest BCUT2D eigenvalue weighted by molar-refractivity contribution is -0.132. The van der Waals surface area contributed by atoms with Gasteiger partial charge in [0.2, 0.25) is 0 Å². The van der Waals surface area contributed by atoms with Crippen molar-refractivity contribution in [3.05, 3.63) is 24.2 Å². The molecule has 4 nitrogen and oxygen atoms in total. The van der Waals surface area contributed by atoms with Crippen LogP contribution in [0.2, 0.25) is 0 Å². The SMILES string of the molecule is C[C@@H](CNCc1ccco1)OC=O. The highest BCUT2D eigenvalue weighted by molar-refractivity contribution is 5.37. The van der Waals surface area contributed by atoms with Crippen LogP contribution in [0.25, 0.3) is 0 Å². The summed E-state index contributed by atoms with van der Waals surface area (Å²) in [6.07, 6.45) is 1.52. The van der Waals surface area contributed by atoms with Gasteiger partial charge in [0.25, 0.3) is 6.47 Å². The smallest absolute Gasteiger partial charge is 0.293 e. The second-order valence-electron chi connectivity index (χ2n) is 2.75. The highest BCUT2D eigenvalue weighted by atomic mass is 16.5. The normalized spacial score (nSPS) is 12.4. The molecule has 1 atom stereocenters. The van der Waals surface area contributed by atoms with Crippen LogP contribution in [-0.2, 0) is 16.1 Å². The zero-order chi connectivity index (χ0) is 9.52. The molecular formula is C9H13NO3. The predicted octanol–water partition coefficient (Wildman–Crippen LogP) is 0.931. The summed E-state index contributed by atoms with van der Waals surface area (Å²) in [4.78, 5) is 9.94. The standard InChI is InChI=1S/C9H13NO3/c1-8(13-7-11)5-10-6-9-3-2-4-12-9/h2-4,7-8,10H,5-6H2,1H3/t8-/m0/s1. The predicted molar refractivity (Wildman–Crippen MR) is 47.0 cm³/mol. The summed E-state index contributed by atoms with van der Waals surface area (Å²) in [6.45, 7) is 3.56. The Morgan fingerprint density at radius 2 is 2.62 bits per heavy atom. The molecule has 0 aliphatic rings. The van der Waals surface area contributed by atoms with Crippen molar-refractivity contribution in [2.75, 3.05) is 6.54 Å². The molecule has 0 amide bonds. The molecule has 1 aromatic rings. The highest BCUT2D eigenvalue weighted by Gasteiger charge is 2.00. The van der Waals surface area contributed by atoms with Crippen molar-refractivity contribution in [1.82, 2.24) is 5.32 Å². The van der Waals surface area contributed by atoms with E-state index in [1.165, 1.54) is 0 Å². The fourth-order valence-corrected chi connectivity index (χ4v) is 0.955. The minimum absolute atomic E-state index is 0.104. The van der Waals surface area contributed by atoms with Gasteiger partial charge in [0.1, 0.15) is 11.9 Å². The van der Waals surface area contributed by atoms with Crippen LogP contribution in [0, 0.1) is 0 Å². The molecule has 0 aliphatic heterocycles. The maximum atomic E-state index is 9.94. The summed E-state index contributed by atoms with van der Waals surface area (Å²) in [6, 6.07) is 3.72. The average Bonchev–Trinajstić information content (AvgIpc) is 2.57. The van der Waals surface area contributed by atoms with E-state index in [0.717, 1.165) is 5.76 Å². The number of hydrogen-bond acceptors (Lipinski definition) is 4. The summed E-state index contributed by atoms with van der Waals surface area (Å²) >= 11 is 0. The molecule has 1 aromatic heterocycles. The molecule has 0 aliphatic carbocycles. The summed E-state index contributed by atoms with van der Waals surface area (Å²) in [5.74, 6) is 0.873. The van der Waals surface area contributed by atoms with Gasteiger partial charge >= 0.3 is 0 Å². The second-order valence-corrected chi connectivity index (χ2v) is 2.75. The quantitative estimate of drug-likeness (QED) is 0.666. The van der Waals surface area contributed by atoms with E-state index in [0.29, 0.717) is 19.6 Å². The summed E-state index contributed by atoms with van der Waals surface area (Å²) in [7, 11) is 0. The zero-order valence-electron chi connectivity index (χ0n) is 7.53. The molecule has 4 heteroatoms. The maximum absolute atomic E-state index is 9.94. The van der Waals surface area contributed by atoms with Crippen molar-refractivity contribution in [3.63, 3.8) is 0 Å². The molecule has 1 heterocycles. The van der Waals surface area contributed by atoms with Crippen LogP contribution in [0.5, 0.6) is 0 Å². The Labute approximate surface area is 76.9 Å². The second kappa shape index (κ2) is 5.37. The van der Waals surface area contributed by atoms with Crippen molar-refractivity contribution in [2.24, 2.45) is 0 Å². The number of furan rings is 1. The Morgan fingerprint density at radius 3 is 3.23 bits per heavy atom. The Morgan fingerprint density at radius 1 is 1.77 bits per heavy atom. The van der Waals surface area contributed by atoms with Crippen LogP contribution >= 0.6 is 0 Å². The van der Waals surface area contributed by atoms with E-state index in [9.17, 15) is 4.79 Å². The summed E-state index contributed by atoms with van der Waals surface area (Å²) < 4.78 is 9.79. The monoisotopic (exact) mass is 183 g/mol. The first-order chi connectivity index (χ1) is 6.33. The van der Waals surface area contributed by atoms with E-state index in [1.807, 2.05) is 19.1 Å². The van der Waals surface area contributed by atoms with Crippen LogP contribution in [-0.4, -0.2) is 19.1 Å². The van der Waals surface area contributed by atoms with Gasteiger partial charge in [-0.3, -0.25) is 4.79 Å². The van der Waals surface area contributed by atoms with E-state index in [4.69, 9.17) is 4.42 Å². The van der Waals surface area contributed by atoms with Gasteiger partial charge < -0.3 is 14.5 Å². The molecule has 0 unspecified atom stereocenters. The first-order valence-electron chi connectivity index (χ1n) is 4.15. The first-order valence-corrected chi connectivity index (χ1v) is 4.15. The lowest BCUT2D eigenvalue weighted by atomic mass is 10.4. The van der Waals surface area contributed by atoms with Crippen molar-refractivity contribution in [2.45, 2.75) is 19.6 Å². The molecule has 1 N–H and O–H groups in total. The first kappa shape index (κ1) is 9.80. The van der Waals surface area contributed by atoms with Gasteiger partial charge in [0.15, 0.2) is 0 Å². The molecule has 72 valence electrons. The van der Waals surface area contributed by atoms with Gasteiger partial charge in [0.05, 0.1) is 12.8 Å². The third kappa shape index (κ3) is 3.75. The van der Waals surface area contributed by atoms with E-state index < -0.39 is 0 Å². The van der Waals surface area contributed by atoms with Gasteiger partial charge in [-0.05, 0) is 19.1 Å².